The first-order valence-corrected chi connectivity index (χ1v) is 11.3. The summed E-state index contributed by atoms with van der Waals surface area (Å²) in [5.74, 6) is -2.35. The lowest BCUT2D eigenvalue weighted by molar-refractivity contribution is -0.138. The Hall–Kier alpha value is -3.85. The van der Waals surface area contributed by atoms with Crippen molar-refractivity contribution >= 4 is 16.9 Å². The second kappa shape index (κ2) is 8.98. The zero-order valence-electron chi connectivity index (χ0n) is 18.8. The maximum Gasteiger partial charge on any atom is 0.417 e. The van der Waals surface area contributed by atoms with Gasteiger partial charge in [-0.25, -0.2) is 9.18 Å². The van der Waals surface area contributed by atoms with Crippen molar-refractivity contribution in [1.82, 2.24) is 4.57 Å². The van der Waals surface area contributed by atoms with E-state index in [0.29, 0.717) is 53.9 Å². The molecule has 9 heteroatoms. The van der Waals surface area contributed by atoms with Gasteiger partial charge < -0.3 is 19.5 Å². The molecule has 0 atom stereocenters. The highest BCUT2D eigenvalue weighted by atomic mass is 19.4. The van der Waals surface area contributed by atoms with Crippen molar-refractivity contribution in [3.8, 4) is 22.6 Å². The van der Waals surface area contributed by atoms with Gasteiger partial charge in [-0.1, -0.05) is 12.1 Å². The second-order valence-electron chi connectivity index (χ2n) is 8.69. The van der Waals surface area contributed by atoms with Crippen LogP contribution in [0.4, 0.5) is 17.6 Å². The van der Waals surface area contributed by atoms with E-state index in [1.54, 1.807) is 24.3 Å². The second-order valence-corrected chi connectivity index (χ2v) is 8.69. The summed E-state index contributed by atoms with van der Waals surface area (Å²) in [6.07, 6.45) is -3.63. The van der Waals surface area contributed by atoms with Crippen molar-refractivity contribution in [3.05, 3.63) is 83.3 Å². The molecule has 1 aromatic heterocycles. The minimum Gasteiger partial charge on any atom is -0.507 e. The van der Waals surface area contributed by atoms with Gasteiger partial charge in [0.05, 0.1) is 16.6 Å². The van der Waals surface area contributed by atoms with Crippen molar-refractivity contribution in [2.45, 2.75) is 24.9 Å². The van der Waals surface area contributed by atoms with Crippen LogP contribution in [-0.4, -0.2) is 34.0 Å². The Balaban J connectivity index is 1.88. The van der Waals surface area contributed by atoms with Crippen LogP contribution in [0.25, 0.3) is 27.7 Å². The lowest BCUT2D eigenvalue weighted by Gasteiger charge is -2.26. The Bertz CT molecular complexity index is 1450. The maximum absolute atomic E-state index is 13.7. The predicted molar refractivity (Wildman–Crippen MR) is 125 cm³/mol. The van der Waals surface area contributed by atoms with Crippen LogP contribution in [0, 0.1) is 5.82 Å². The highest BCUT2D eigenvalue weighted by molar-refractivity contribution is 6.04. The molecule has 1 aliphatic heterocycles. The van der Waals surface area contributed by atoms with E-state index in [9.17, 15) is 32.6 Å². The number of ether oxygens (including phenoxy) is 1. The third kappa shape index (κ3) is 4.09. The number of phenolic OH excluding ortho intramolecular Hbond substituents is 1. The van der Waals surface area contributed by atoms with Gasteiger partial charge in [-0.15, -0.1) is 0 Å². The smallest absolute Gasteiger partial charge is 0.417 e. The normalized spacial score (nSPS) is 14.9. The number of aromatic nitrogens is 1. The lowest BCUT2D eigenvalue weighted by Crippen LogP contribution is -2.18. The van der Waals surface area contributed by atoms with E-state index in [2.05, 4.69) is 0 Å². The summed E-state index contributed by atoms with van der Waals surface area (Å²) in [6, 6.07) is 13.6. The lowest BCUT2D eigenvalue weighted by atomic mass is 9.88. The number of hydrogen-bond acceptors (Lipinski definition) is 3. The molecule has 1 fully saturated rings. The molecule has 3 aromatic carbocycles. The van der Waals surface area contributed by atoms with Gasteiger partial charge in [-0.2, -0.15) is 13.2 Å². The summed E-state index contributed by atoms with van der Waals surface area (Å²) >= 11 is 0. The molecule has 1 saturated heterocycles. The Morgan fingerprint density at radius 1 is 1.00 bits per heavy atom. The van der Waals surface area contributed by atoms with Gasteiger partial charge in [-0.3, -0.25) is 0 Å². The maximum atomic E-state index is 13.7. The van der Waals surface area contributed by atoms with E-state index < -0.39 is 29.1 Å². The molecule has 0 bridgehead atoms. The molecule has 4 aromatic rings. The van der Waals surface area contributed by atoms with Crippen molar-refractivity contribution in [1.29, 1.82) is 0 Å². The average molecular weight is 499 g/mol. The minimum absolute atomic E-state index is 0.103. The van der Waals surface area contributed by atoms with Gasteiger partial charge in [0, 0.05) is 41.5 Å². The molecular formula is C27H21F4NO4. The Labute approximate surface area is 203 Å². The third-order valence-corrected chi connectivity index (χ3v) is 6.55. The molecule has 0 radical (unpaired) electrons. The molecule has 5 rings (SSSR count). The highest BCUT2D eigenvalue weighted by Gasteiger charge is 2.36. The topological polar surface area (TPSA) is 71.7 Å². The molecule has 5 nitrogen and oxygen atoms in total. The zero-order valence-corrected chi connectivity index (χ0v) is 18.8. The fourth-order valence-corrected chi connectivity index (χ4v) is 4.98. The number of aromatic hydroxyl groups is 1. The highest BCUT2D eigenvalue weighted by Crippen LogP contribution is 2.47. The number of halogens is 4. The van der Waals surface area contributed by atoms with Crippen molar-refractivity contribution in [2.24, 2.45) is 0 Å². The number of carboxylic acids is 1. The van der Waals surface area contributed by atoms with Crippen LogP contribution < -0.4 is 0 Å². The summed E-state index contributed by atoms with van der Waals surface area (Å²) < 4.78 is 61.7. The fraction of sp³-hybridized carbons (Fsp3) is 0.222. The number of aromatic carboxylic acids is 1. The van der Waals surface area contributed by atoms with Crippen LogP contribution >= 0.6 is 0 Å². The summed E-state index contributed by atoms with van der Waals surface area (Å²) in [5.41, 5.74) is 0.399. The van der Waals surface area contributed by atoms with E-state index in [1.165, 1.54) is 24.3 Å². The molecule has 0 aliphatic carbocycles. The Morgan fingerprint density at radius 3 is 2.33 bits per heavy atom. The van der Waals surface area contributed by atoms with E-state index >= 15 is 0 Å². The van der Waals surface area contributed by atoms with Crippen molar-refractivity contribution in [3.63, 3.8) is 0 Å². The van der Waals surface area contributed by atoms with Gasteiger partial charge in [0.25, 0.3) is 0 Å². The Kier molecular flexibility index (Phi) is 5.96. The molecule has 2 N–H and O–H groups in total. The van der Waals surface area contributed by atoms with E-state index in [1.807, 2.05) is 4.57 Å². The quantitative estimate of drug-likeness (QED) is 0.305. The van der Waals surface area contributed by atoms with Crippen LogP contribution in [0.15, 0.2) is 60.7 Å². The molecule has 2 heterocycles. The van der Waals surface area contributed by atoms with E-state index in [-0.39, 0.29) is 17.2 Å². The predicted octanol–water partition coefficient (Wildman–Crippen LogP) is 6.75. The molecule has 1 aliphatic rings. The number of benzene rings is 3. The van der Waals surface area contributed by atoms with Crippen molar-refractivity contribution in [2.75, 3.05) is 13.2 Å². The summed E-state index contributed by atoms with van der Waals surface area (Å²) in [5, 5.41) is 20.9. The fourth-order valence-electron chi connectivity index (χ4n) is 4.98. The molecule has 36 heavy (non-hydrogen) atoms. The molecule has 0 spiro atoms. The van der Waals surface area contributed by atoms with Crippen LogP contribution in [0.5, 0.6) is 5.75 Å². The summed E-state index contributed by atoms with van der Waals surface area (Å²) in [7, 11) is 0. The number of hydrogen-bond donors (Lipinski definition) is 2. The molecule has 0 saturated carbocycles. The molecule has 186 valence electrons. The van der Waals surface area contributed by atoms with Gasteiger partial charge in [0.2, 0.25) is 0 Å². The number of phenols is 1. The number of alkyl halides is 3. The minimum atomic E-state index is -4.85. The van der Waals surface area contributed by atoms with E-state index in [4.69, 9.17) is 4.74 Å². The Morgan fingerprint density at radius 2 is 1.69 bits per heavy atom. The number of nitrogens with zero attached hydrogens (tertiary/aromatic N) is 1. The zero-order chi connectivity index (χ0) is 25.6. The number of fused-ring (bicyclic) bond motifs is 1. The average Bonchev–Trinajstić information content (AvgIpc) is 3.20. The van der Waals surface area contributed by atoms with Crippen LogP contribution in [0.2, 0.25) is 0 Å². The SMILES string of the molecule is O=C(O)c1cc(-c2c(C3CCOCC3)n(-c3ccc(F)cc3)c3cccc(O)c23)ccc1C(F)(F)F. The standard InChI is InChI=1S/C27H21F4NO4/c28-17-5-7-18(8-6-17)32-21-2-1-3-22(33)24(21)23(25(32)15-10-12-36-13-11-15)16-4-9-20(27(29,30)31)19(14-16)26(34)35/h1-9,14-15,33H,10-13H2,(H,34,35). The van der Waals surface area contributed by atoms with Crippen LogP contribution in [0.1, 0.15) is 40.4 Å². The van der Waals surface area contributed by atoms with Gasteiger partial charge in [0.15, 0.2) is 0 Å². The summed E-state index contributed by atoms with van der Waals surface area (Å²) in [4.78, 5) is 11.8. The first-order chi connectivity index (χ1) is 17.2. The first kappa shape index (κ1) is 23.9. The number of rotatable bonds is 4. The van der Waals surface area contributed by atoms with Crippen molar-refractivity contribution < 1.29 is 37.3 Å². The largest absolute Gasteiger partial charge is 0.507 e. The first-order valence-electron chi connectivity index (χ1n) is 11.3. The summed E-state index contributed by atoms with van der Waals surface area (Å²) in [6.45, 7) is 0.933. The molecule has 0 amide bonds. The number of carboxylic acid groups (broad SMARTS) is 1. The monoisotopic (exact) mass is 499 g/mol. The van der Waals surface area contributed by atoms with Gasteiger partial charge >= 0.3 is 12.1 Å². The van der Waals surface area contributed by atoms with Crippen LogP contribution in [0.3, 0.4) is 0 Å². The van der Waals surface area contributed by atoms with Gasteiger partial charge in [-0.05, 0) is 66.9 Å². The molecular weight excluding hydrogens is 478 g/mol. The molecule has 0 unspecified atom stereocenters. The number of carbonyl (C=O) groups is 1. The van der Waals surface area contributed by atoms with Gasteiger partial charge in [0.1, 0.15) is 11.6 Å². The third-order valence-electron chi connectivity index (χ3n) is 6.55. The van der Waals surface area contributed by atoms with E-state index in [0.717, 1.165) is 12.1 Å². The van der Waals surface area contributed by atoms with Crippen LogP contribution in [-0.2, 0) is 10.9 Å².